The van der Waals surface area contributed by atoms with Crippen LogP contribution in [0.1, 0.15) is 20.3 Å². The molecule has 0 amide bonds. The van der Waals surface area contributed by atoms with Gasteiger partial charge in [0.2, 0.25) is 10.0 Å². The molecule has 0 aromatic carbocycles. The van der Waals surface area contributed by atoms with E-state index in [2.05, 4.69) is 16.6 Å². The van der Waals surface area contributed by atoms with Crippen molar-refractivity contribution in [2.24, 2.45) is 0 Å². The van der Waals surface area contributed by atoms with Crippen LogP contribution in [0.5, 0.6) is 0 Å². The van der Waals surface area contributed by atoms with E-state index in [4.69, 9.17) is 11.6 Å². The number of halogens is 1. The first kappa shape index (κ1) is 14.9. The van der Waals surface area contributed by atoms with E-state index < -0.39 is 10.0 Å². The Labute approximate surface area is 97.1 Å². The molecule has 0 heterocycles. The van der Waals surface area contributed by atoms with Crippen molar-refractivity contribution in [3.63, 3.8) is 0 Å². The van der Waals surface area contributed by atoms with Crippen molar-refractivity contribution < 1.29 is 8.42 Å². The fourth-order valence-electron chi connectivity index (χ4n) is 0.913. The number of rotatable bonds is 8. The van der Waals surface area contributed by atoms with Crippen molar-refractivity contribution in [1.82, 2.24) is 10.0 Å². The highest BCUT2D eigenvalue weighted by atomic mass is 35.5. The van der Waals surface area contributed by atoms with Gasteiger partial charge >= 0.3 is 0 Å². The molecular formula is C9H19ClN2O2S. The molecule has 15 heavy (non-hydrogen) atoms. The average Bonchev–Trinajstić information content (AvgIpc) is 2.09. The van der Waals surface area contributed by atoms with E-state index in [1.807, 2.05) is 13.8 Å². The quantitative estimate of drug-likeness (QED) is 0.637. The van der Waals surface area contributed by atoms with Crippen LogP contribution < -0.4 is 10.0 Å². The van der Waals surface area contributed by atoms with E-state index in [0.717, 1.165) is 0 Å². The zero-order valence-corrected chi connectivity index (χ0v) is 10.8. The highest BCUT2D eigenvalue weighted by molar-refractivity contribution is 7.89. The van der Waals surface area contributed by atoms with Crippen LogP contribution in [0.2, 0.25) is 0 Å². The predicted octanol–water partition coefficient (Wildman–Crippen LogP) is 1.05. The molecular weight excluding hydrogens is 236 g/mol. The van der Waals surface area contributed by atoms with Gasteiger partial charge in [-0.2, -0.15) is 0 Å². The molecule has 6 heteroatoms. The van der Waals surface area contributed by atoms with Crippen LogP contribution in [0, 0.1) is 0 Å². The van der Waals surface area contributed by atoms with Gasteiger partial charge < -0.3 is 5.32 Å². The maximum Gasteiger partial charge on any atom is 0.211 e. The van der Waals surface area contributed by atoms with Crippen molar-refractivity contribution in [3.05, 3.63) is 11.6 Å². The molecule has 0 aromatic heterocycles. The SMILES string of the molecule is C=C(Cl)CNS(=O)(=O)CCCNC(C)C. The number of nitrogens with one attached hydrogen (secondary N) is 2. The van der Waals surface area contributed by atoms with Crippen LogP contribution in [0.15, 0.2) is 11.6 Å². The third-order valence-electron chi connectivity index (χ3n) is 1.63. The highest BCUT2D eigenvalue weighted by Crippen LogP contribution is 1.96. The fraction of sp³-hybridized carbons (Fsp3) is 0.778. The van der Waals surface area contributed by atoms with E-state index in [1.165, 1.54) is 0 Å². The van der Waals surface area contributed by atoms with Gasteiger partial charge in [0, 0.05) is 17.6 Å². The minimum absolute atomic E-state index is 0.0987. The van der Waals surface area contributed by atoms with E-state index in [-0.39, 0.29) is 12.3 Å². The molecule has 4 nitrogen and oxygen atoms in total. The second-order valence-electron chi connectivity index (χ2n) is 3.62. The molecule has 0 aliphatic carbocycles. The van der Waals surface area contributed by atoms with Crippen molar-refractivity contribution >= 4 is 21.6 Å². The third kappa shape index (κ3) is 10.2. The normalized spacial score (nSPS) is 12.0. The molecule has 0 rings (SSSR count). The molecule has 90 valence electrons. The molecule has 0 aliphatic rings. The predicted molar refractivity (Wildman–Crippen MR) is 64.5 cm³/mol. The summed E-state index contributed by atoms with van der Waals surface area (Å²) in [6.45, 7) is 8.23. The summed E-state index contributed by atoms with van der Waals surface area (Å²) < 4.78 is 25.0. The standard InChI is InChI=1S/C9H19ClN2O2S/c1-8(2)11-5-4-6-15(13,14)12-7-9(3)10/h8,11-12H,3-7H2,1-2H3. The Morgan fingerprint density at radius 2 is 2.07 bits per heavy atom. The summed E-state index contributed by atoms with van der Waals surface area (Å²) in [4.78, 5) is 0. The Morgan fingerprint density at radius 1 is 1.47 bits per heavy atom. The first-order valence-corrected chi connectivity index (χ1v) is 6.90. The lowest BCUT2D eigenvalue weighted by Crippen LogP contribution is -2.30. The molecule has 0 aliphatic heterocycles. The van der Waals surface area contributed by atoms with Gasteiger partial charge in [-0.3, -0.25) is 0 Å². The Kier molecular flexibility index (Phi) is 7.17. The van der Waals surface area contributed by atoms with Crippen LogP contribution in [0.4, 0.5) is 0 Å². The van der Waals surface area contributed by atoms with Gasteiger partial charge in [0.05, 0.1) is 5.75 Å². The number of sulfonamides is 1. The molecule has 0 unspecified atom stereocenters. The van der Waals surface area contributed by atoms with Gasteiger partial charge in [0.15, 0.2) is 0 Å². The molecule has 0 fully saturated rings. The largest absolute Gasteiger partial charge is 0.314 e. The first-order valence-electron chi connectivity index (χ1n) is 4.87. The maximum absolute atomic E-state index is 11.3. The van der Waals surface area contributed by atoms with E-state index >= 15 is 0 Å². The summed E-state index contributed by atoms with van der Waals surface area (Å²) in [6.07, 6.45) is 0.586. The molecule has 0 bridgehead atoms. The minimum atomic E-state index is -3.21. The smallest absolute Gasteiger partial charge is 0.211 e. The van der Waals surface area contributed by atoms with Crippen molar-refractivity contribution in [3.8, 4) is 0 Å². The van der Waals surface area contributed by atoms with Gasteiger partial charge in [0.1, 0.15) is 0 Å². The highest BCUT2D eigenvalue weighted by Gasteiger charge is 2.09. The lowest BCUT2D eigenvalue weighted by atomic mass is 10.4. The van der Waals surface area contributed by atoms with Crippen molar-refractivity contribution in [1.29, 1.82) is 0 Å². The number of hydrogen-bond acceptors (Lipinski definition) is 3. The van der Waals surface area contributed by atoms with Crippen LogP contribution in [0.3, 0.4) is 0 Å². The summed E-state index contributed by atoms with van der Waals surface area (Å²) in [5.74, 6) is 0.108. The summed E-state index contributed by atoms with van der Waals surface area (Å²) >= 11 is 5.45. The molecule has 2 N–H and O–H groups in total. The lowest BCUT2D eigenvalue weighted by molar-refractivity contribution is 0.563. The van der Waals surface area contributed by atoms with Gasteiger partial charge in [-0.1, -0.05) is 32.0 Å². The fourth-order valence-corrected chi connectivity index (χ4v) is 2.12. The zero-order valence-electron chi connectivity index (χ0n) is 9.22. The number of hydrogen-bond donors (Lipinski definition) is 2. The van der Waals surface area contributed by atoms with Gasteiger partial charge in [-0.25, -0.2) is 13.1 Å². The van der Waals surface area contributed by atoms with Gasteiger partial charge in [-0.05, 0) is 13.0 Å². The molecule has 0 saturated carbocycles. The van der Waals surface area contributed by atoms with E-state index in [0.29, 0.717) is 24.0 Å². The molecule has 0 radical (unpaired) electrons. The summed E-state index contributed by atoms with van der Waals surface area (Å²) in [5, 5.41) is 3.44. The molecule has 0 saturated heterocycles. The lowest BCUT2D eigenvalue weighted by Gasteiger charge is -2.08. The summed E-state index contributed by atoms with van der Waals surface area (Å²) in [5.41, 5.74) is 0. The third-order valence-corrected chi connectivity index (χ3v) is 3.17. The average molecular weight is 255 g/mol. The first-order chi connectivity index (χ1) is 6.83. The summed E-state index contributed by atoms with van der Waals surface area (Å²) in [7, 11) is -3.21. The van der Waals surface area contributed by atoms with Crippen LogP contribution in [0.25, 0.3) is 0 Å². The Bertz CT molecular complexity index is 288. The topological polar surface area (TPSA) is 58.2 Å². The molecule has 0 spiro atoms. The Morgan fingerprint density at radius 3 is 2.53 bits per heavy atom. The maximum atomic E-state index is 11.3. The Balaban J connectivity index is 3.70. The summed E-state index contributed by atoms with van der Waals surface area (Å²) in [6, 6.07) is 0.378. The van der Waals surface area contributed by atoms with Crippen LogP contribution in [-0.2, 0) is 10.0 Å². The monoisotopic (exact) mass is 254 g/mol. The second-order valence-corrected chi connectivity index (χ2v) is 6.08. The van der Waals surface area contributed by atoms with Crippen LogP contribution in [-0.4, -0.2) is 33.3 Å². The molecule has 0 aromatic rings. The zero-order chi connectivity index (χ0) is 11.9. The van der Waals surface area contributed by atoms with Crippen LogP contribution >= 0.6 is 11.6 Å². The van der Waals surface area contributed by atoms with Crippen molar-refractivity contribution in [2.45, 2.75) is 26.3 Å². The van der Waals surface area contributed by atoms with E-state index in [1.54, 1.807) is 0 Å². The second kappa shape index (κ2) is 7.22. The molecule has 0 atom stereocenters. The minimum Gasteiger partial charge on any atom is -0.314 e. The van der Waals surface area contributed by atoms with Gasteiger partial charge in [0.25, 0.3) is 0 Å². The van der Waals surface area contributed by atoms with Gasteiger partial charge in [-0.15, -0.1) is 0 Å². The van der Waals surface area contributed by atoms with E-state index in [9.17, 15) is 8.42 Å². The van der Waals surface area contributed by atoms with Crippen molar-refractivity contribution in [2.75, 3.05) is 18.8 Å². The Hall–Kier alpha value is -0.100.